The van der Waals surface area contributed by atoms with Crippen molar-refractivity contribution in [3.05, 3.63) is 78.2 Å². The van der Waals surface area contributed by atoms with E-state index < -0.39 is 11.9 Å². The second kappa shape index (κ2) is 9.29. The van der Waals surface area contributed by atoms with Crippen molar-refractivity contribution in [3.8, 4) is 0 Å². The Morgan fingerprint density at radius 3 is 2.17 bits per heavy atom. The van der Waals surface area contributed by atoms with E-state index >= 15 is 0 Å². The highest BCUT2D eigenvalue weighted by Crippen LogP contribution is 2.47. The Bertz CT molecular complexity index is 1790. The van der Waals surface area contributed by atoms with Crippen molar-refractivity contribution >= 4 is 35.6 Å². The third-order valence-electron chi connectivity index (χ3n) is 9.59. The molecule has 0 spiro atoms. The molecule has 208 valence electrons. The van der Waals surface area contributed by atoms with E-state index in [0.29, 0.717) is 5.56 Å². The second-order valence-corrected chi connectivity index (χ2v) is 11.5. The van der Waals surface area contributed by atoms with Crippen molar-refractivity contribution in [2.24, 2.45) is 17.8 Å². The standard InChI is InChI=1S/C33H38N4O3/c1-9-19-16(5)23-11-21-14(3)15(4)22(34-21)12-24-17(6)20(10-2)30(36-24)28-29(33(39)40-8)32(38)27-18(7)25(37-31(27)28)13-26(19)35-23/h11-13,17,20,29,34-37H,9-10H2,1-8H3/b23-11-,24-12-,26-13-,30-28-/t17-,20-,29+/m0/s1. The lowest BCUT2D eigenvalue weighted by Crippen LogP contribution is -2.25. The lowest BCUT2D eigenvalue weighted by molar-refractivity contribution is -0.141. The van der Waals surface area contributed by atoms with E-state index in [1.807, 2.05) is 6.92 Å². The van der Waals surface area contributed by atoms with Gasteiger partial charge < -0.3 is 25.0 Å². The molecule has 0 unspecified atom stereocenters. The molecule has 5 heterocycles. The van der Waals surface area contributed by atoms with Gasteiger partial charge in [-0.3, -0.25) is 9.59 Å². The van der Waals surface area contributed by atoms with Crippen LogP contribution >= 0.6 is 0 Å². The van der Waals surface area contributed by atoms with Crippen LogP contribution in [-0.2, 0) is 16.0 Å². The Morgan fingerprint density at radius 1 is 0.875 bits per heavy atom. The maximum absolute atomic E-state index is 13.9. The number of H-pyrrole nitrogens is 3. The molecule has 2 aliphatic heterocycles. The molecule has 0 saturated carbocycles. The maximum Gasteiger partial charge on any atom is 0.321 e. The molecule has 4 N–H and O–H groups in total. The number of methoxy groups -OCH3 is 1. The third kappa shape index (κ3) is 3.56. The number of allylic oxidation sites excluding steroid dienone is 2. The minimum atomic E-state index is -0.984. The highest BCUT2D eigenvalue weighted by atomic mass is 16.5. The summed E-state index contributed by atoms with van der Waals surface area (Å²) >= 11 is 0. The van der Waals surface area contributed by atoms with Gasteiger partial charge in [0.2, 0.25) is 0 Å². The van der Waals surface area contributed by atoms with Gasteiger partial charge in [0.1, 0.15) is 5.92 Å². The van der Waals surface area contributed by atoms with Crippen LogP contribution in [0, 0.1) is 45.4 Å². The van der Waals surface area contributed by atoms with Gasteiger partial charge in [0.15, 0.2) is 5.78 Å². The Morgan fingerprint density at radius 2 is 1.52 bits per heavy atom. The molecule has 40 heavy (non-hydrogen) atoms. The number of hydrogen-bond donors (Lipinski definition) is 4. The average Bonchev–Trinajstić information content (AvgIpc) is 3.66. The Balaban J connectivity index is 1.75. The van der Waals surface area contributed by atoms with Crippen LogP contribution < -0.4 is 16.0 Å². The molecule has 7 nitrogen and oxygen atoms in total. The first kappa shape index (κ1) is 26.2. The summed E-state index contributed by atoms with van der Waals surface area (Å²) in [5.41, 5.74) is 12.8. The topological polar surface area (TPSA) is 103 Å². The van der Waals surface area contributed by atoms with Gasteiger partial charge in [0.05, 0.1) is 12.8 Å². The van der Waals surface area contributed by atoms with E-state index in [9.17, 15) is 9.59 Å². The van der Waals surface area contributed by atoms with Gasteiger partial charge in [-0.1, -0.05) is 20.8 Å². The van der Waals surface area contributed by atoms with E-state index in [2.05, 4.69) is 80.0 Å². The first-order chi connectivity index (χ1) is 19.1. The first-order valence-corrected chi connectivity index (χ1v) is 14.3. The van der Waals surface area contributed by atoms with E-state index in [0.717, 1.165) is 68.8 Å². The fourth-order valence-corrected chi connectivity index (χ4v) is 7.01. The molecular formula is C33H38N4O3. The molecular weight excluding hydrogens is 500 g/mol. The van der Waals surface area contributed by atoms with Crippen molar-refractivity contribution in [2.45, 2.75) is 61.3 Å². The number of hydrogen-bond acceptors (Lipinski definition) is 4. The minimum absolute atomic E-state index is 0.126. The van der Waals surface area contributed by atoms with Gasteiger partial charge in [-0.2, -0.15) is 0 Å². The van der Waals surface area contributed by atoms with Crippen molar-refractivity contribution in [3.63, 3.8) is 0 Å². The molecule has 3 aliphatic rings. The van der Waals surface area contributed by atoms with E-state index in [-0.39, 0.29) is 17.6 Å². The number of aromatic amines is 3. The lowest BCUT2D eigenvalue weighted by atomic mass is 9.86. The fraction of sp³-hybridized carbons (Fsp3) is 0.394. The molecule has 8 bridgehead atoms. The van der Waals surface area contributed by atoms with Crippen molar-refractivity contribution in [1.82, 2.24) is 20.3 Å². The van der Waals surface area contributed by atoms with Gasteiger partial charge in [-0.05, 0) is 86.6 Å². The van der Waals surface area contributed by atoms with Crippen molar-refractivity contribution < 1.29 is 14.3 Å². The Labute approximate surface area is 234 Å². The summed E-state index contributed by atoms with van der Waals surface area (Å²) in [5.74, 6) is -1.40. The molecule has 3 atom stereocenters. The van der Waals surface area contributed by atoms with Crippen LogP contribution in [0.3, 0.4) is 0 Å². The van der Waals surface area contributed by atoms with Crippen LogP contribution in [0.2, 0.25) is 0 Å². The smallest absolute Gasteiger partial charge is 0.321 e. The van der Waals surface area contributed by atoms with Crippen LogP contribution in [0.1, 0.15) is 88.1 Å². The largest absolute Gasteiger partial charge is 0.468 e. The monoisotopic (exact) mass is 538 g/mol. The molecule has 1 saturated heterocycles. The minimum Gasteiger partial charge on any atom is -0.468 e. The number of nitrogens with one attached hydrogen (secondary N) is 4. The molecule has 7 heteroatoms. The fourth-order valence-electron chi connectivity index (χ4n) is 7.01. The van der Waals surface area contributed by atoms with Gasteiger partial charge in [-0.15, -0.1) is 0 Å². The number of ketones is 1. The van der Waals surface area contributed by atoms with Crippen LogP contribution in [0.15, 0.2) is 11.4 Å². The maximum atomic E-state index is 13.9. The first-order valence-electron chi connectivity index (χ1n) is 14.3. The zero-order chi connectivity index (χ0) is 28.6. The number of ether oxygens (including phenoxy) is 1. The summed E-state index contributed by atoms with van der Waals surface area (Å²) in [6.45, 7) is 15.0. The number of fused-ring (bicyclic) bond motifs is 7. The summed E-state index contributed by atoms with van der Waals surface area (Å²) < 4.78 is 5.18. The number of esters is 1. The number of rotatable bonds is 3. The van der Waals surface area contributed by atoms with Crippen LogP contribution in [0.25, 0.3) is 23.8 Å². The zero-order valence-electron chi connectivity index (χ0n) is 24.6. The van der Waals surface area contributed by atoms with Crippen LogP contribution in [-0.4, -0.2) is 33.8 Å². The van der Waals surface area contributed by atoms with Gasteiger partial charge in [-0.25, -0.2) is 0 Å². The number of aromatic nitrogens is 3. The Hall–Kier alpha value is -4.00. The van der Waals surface area contributed by atoms with Crippen LogP contribution in [0.5, 0.6) is 0 Å². The summed E-state index contributed by atoms with van der Waals surface area (Å²) in [5, 5.41) is 5.78. The van der Waals surface area contributed by atoms with Gasteiger partial charge in [0, 0.05) is 62.1 Å². The highest BCUT2D eigenvalue weighted by Gasteiger charge is 2.48. The molecule has 0 radical (unpaired) electrons. The number of carbonyl (C=O) groups excluding carboxylic acids is 2. The normalized spacial score (nSPS) is 26.1. The van der Waals surface area contributed by atoms with Crippen LogP contribution in [0.4, 0.5) is 0 Å². The third-order valence-corrected chi connectivity index (χ3v) is 9.59. The predicted octanol–water partition coefficient (Wildman–Crippen LogP) is 4.44. The molecule has 1 fully saturated rings. The quantitative estimate of drug-likeness (QED) is 0.292. The summed E-state index contributed by atoms with van der Waals surface area (Å²) in [4.78, 5) is 37.9. The summed E-state index contributed by atoms with van der Waals surface area (Å²) in [6, 6.07) is 0. The van der Waals surface area contributed by atoms with Crippen molar-refractivity contribution in [2.75, 3.05) is 7.11 Å². The second-order valence-electron chi connectivity index (χ2n) is 11.5. The molecule has 0 aromatic carbocycles. The zero-order valence-corrected chi connectivity index (χ0v) is 24.6. The van der Waals surface area contributed by atoms with Gasteiger partial charge >= 0.3 is 5.97 Å². The van der Waals surface area contributed by atoms with E-state index in [1.54, 1.807) is 0 Å². The van der Waals surface area contributed by atoms with Gasteiger partial charge in [0.25, 0.3) is 0 Å². The average molecular weight is 539 g/mol. The molecule has 3 aromatic rings. The van der Waals surface area contributed by atoms with Crippen molar-refractivity contribution in [1.29, 1.82) is 0 Å². The molecule has 1 aliphatic carbocycles. The SMILES string of the molecule is CCc1c(C)/c2[nH]/c1=C\c1[nH]c3c(c1C)C(=O)[C@H](C(=O)OC)/C3=C1/N/C(=C\c3[nH]c(c(C)c3C)\C=2)[C@@H](C)[C@@H]1CC. The predicted molar refractivity (Wildman–Crippen MR) is 158 cm³/mol. The Kier molecular flexibility index (Phi) is 6.09. The van der Waals surface area contributed by atoms with E-state index in [4.69, 9.17) is 4.74 Å². The molecule has 6 rings (SSSR count). The highest BCUT2D eigenvalue weighted by molar-refractivity contribution is 6.24. The summed E-state index contributed by atoms with van der Waals surface area (Å²) in [6.07, 6.45) is 8.25. The number of carbonyl (C=O) groups is 2. The molecule has 0 amide bonds. The molecule has 3 aromatic heterocycles. The number of Topliss-reactive ketones (excluding diaryl/α,β-unsaturated/α-hetero) is 1. The summed E-state index contributed by atoms with van der Waals surface area (Å²) in [7, 11) is 1.35. The van der Waals surface area contributed by atoms with E-state index in [1.165, 1.54) is 29.4 Å². The lowest BCUT2D eigenvalue weighted by Gasteiger charge is -2.18.